The van der Waals surface area contributed by atoms with E-state index >= 15 is 0 Å². The highest BCUT2D eigenvalue weighted by Gasteiger charge is 2.18. The number of nitrogens with two attached hydrogens (primary N) is 1. The van der Waals surface area contributed by atoms with Gasteiger partial charge in [-0.3, -0.25) is 10.2 Å². The molecule has 1 fully saturated rings. The summed E-state index contributed by atoms with van der Waals surface area (Å²) >= 11 is 0. The van der Waals surface area contributed by atoms with Crippen molar-refractivity contribution in [1.82, 2.24) is 15.3 Å². The molecule has 1 heterocycles. The lowest BCUT2D eigenvalue weighted by Gasteiger charge is -2.32. The van der Waals surface area contributed by atoms with Crippen molar-refractivity contribution in [3.05, 3.63) is 29.3 Å². The van der Waals surface area contributed by atoms with E-state index in [0.29, 0.717) is 13.1 Å². The lowest BCUT2D eigenvalue weighted by molar-refractivity contribution is 0.0661. The summed E-state index contributed by atoms with van der Waals surface area (Å²) in [5.41, 5.74) is 7.12. The number of hydrazine groups is 1. The minimum atomic E-state index is -0.927. The van der Waals surface area contributed by atoms with Crippen LogP contribution in [0.3, 0.4) is 0 Å². The lowest BCUT2D eigenvalue weighted by atomic mass is 10.2. The molecular weight excluding hydrogens is 254 g/mol. The fourth-order valence-corrected chi connectivity index (χ4v) is 1.84. The molecule has 1 amide bonds. The Balaban J connectivity index is 2.04. The Bertz CT molecular complexity index is 464. The minimum absolute atomic E-state index is 0.0804. The molecule has 0 aromatic heterocycles. The van der Waals surface area contributed by atoms with Crippen molar-refractivity contribution >= 4 is 11.6 Å². The standard InChI is InChI=1S/C12H16F2N4O/c1-17-2-4-18(5-3-17)16-12(19)8-6-9(13)11(15)10(14)7-8/h6-7H,2-5,15H2,1H3,(H,16,19). The SMILES string of the molecule is CN1CCN(NC(=O)c2cc(F)c(N)c(F)c2)CC1. The van der Waals surface area contributed by atoms with Crippen LogP contribution in [0.5, 0.6) is 0 Å². The molecule has 1 aromatic carbocycles. The largest absolute Gasteiger partial charge is 0.394 e. The number of carbonyl (C=O) groups excluding carboxylic acids is 1. The summed E-state index contributed by atoms with van der Waals surface area (Å²) in [6.45, 7) is 2.99. The van der Waals surface area contributed by atoms with E-state index in [0.717, 1.165) is 25.2 Å². The second-order valence-corrected chi connectivity index (χ2v) is 4.58. The minimum Gasteiger partial charge on any atom is -0.394 e. The molecule has 0 aliphatic carbocycles. The highest BCUT2D eigenvalue weighted by molar-refractivity contribution is 5.94. The molecule has 0 saturated carbocycles. The van der Waals surface area contributed by atoms with Crippen molar-refractivity contribution < 1.29 is 13.6 Å². The molecule has 1 aliphatic heterocycles. The molecule has 0 unspecified atom stereocenters. The molecule has 0 radical (unpaired) electrons. The first-order valence-electron chi connectivity index (χ1n) is 5.96. The summed E-state index contributed by atoms with van der Waals surface area (Å²) in [6, 6.07) is 1.87. The molecule has 0 atom stereocenters. The normalized spacial score (nSPS) is 17.4. The van der Waals surface area contributed by atoms with E-state index in [1.807, 2.05) is 7.05 Å². The third kappa shape index (κ3) is 3.18. The van der Waals surface area contributed by atoms with Crippen LogP contribution in [0.15, 0.2) is 12.1 Å². The van der Waals surface area contributed by atoms with E-state index in [9.17, 15) is 13.6 Å². The molecule has 0 spiro atoms. The van der Waals surface area contributed by atoms with E-state index < -0.39 is 23.2 Å². The molecule has 7 heteroatoms. The Morgan fingerprint density at radius 2 is 1.74 bits per heavy atom. The first-order valence-corrected chi connectivity index (χ1v) is 5.96. The van der Waals surface area contributed by atoms with Gasteiger partial charge in [0.25, 0.3) is 5.91 Å². The average Bonchev–Trinajstić information content (AvgIpc) is 2.38. The summed E-state index contributed by atoms with van der Waals surface area (Å²) in [5.74, 6) is -2.39. The fourth-order valence-electron chi connectivity index (χ4n) is 1.84. The Kier molecular flexibility index (Phi) is 3.96. The Morgan fingerprint density at radius 3 is 2.26 bits per heavy atom. The van der Waals surface area contributed by atoms with Crippen molar-refractivity contribution in [2.24, 2.45) is 0 Å². The number of rotatable bonds is 2. The Labute approximate surface area is 109 Å². The van der Waals surface area contributed by atoms with Crippen molar-refractivity contribution in [1.29, 1.82) is 0 Å². The van der Waals surface area contributed by atoms with Crippen LogP contribution in [0.1, 0.15) is 10.4 Å². The summed E-state index contributed by atoms with van der Waals surface area (Å²) < 4.78 is 26.5. The zero-order chi connectivity index (χ0) is 14.0. The molecule has 1 aliphatic rings. The van der Waals surface area contributed by atoms with Gasteiger partial charge in [0.1, 0.15) is 17.3 Å². The van der Waals surface area contributed by atoms with Gasteiger partial charge in [0.05, 0.1) is 0 Å². The van der Waals surface area contributed by atoms with Crippen LogP contribution in [-0.2, 0) is 0 Å². The average molecular weight is 270 g/mol. The summed E-state index contributed by atoms with van der Waals surface area (Å²) in [6.07, 6.45) is 0. The number of nitrogens with one attached hydrogen (secondary N) is 1. The maximum Gasteiger partial charge on any atom is 0.265 e. The Hall–Kier alpha value is -1.73. The number of hydrogen-bond donors (Lipinski definition) is 2. The summed E-state index contributed by atoms with van der Waals surface area (Å²) in [5, 5.41) is 1.73. The van der Waals surface area contributed by atoms with Gasteiger partial charge in [0.2, 0.25) is 0 Å². The Morgan fingerprint density at radius 1 is 1.21 bits per heavy atom. The van der Waals surface area contributed by atoms with Gasteiger partial charge in [-0.15, -0.1) is 0 Å². The van der Waals surface area contributed by atoms with E-state index in [1.165, 1.54) is 0 Å². The zero-order valence-electron chi connectivity index (χ0n) is 10.6. The molecule has 1 saturated heterocycles. The van der Waals surface area contributed by atoms with Crippen molar-refractivity contribution in [2.75, 3.05) is 39.0 Å². The van der Waals surface area contributed by atoms with Crippen molar-refractivity contribution in [3.8, 4) is 0 Å². The molecule has 1 aromatic rings. The highest BCUT2D eigenvalue weighted by atomic mass is 19.1. The van der Waals surface area contributed by atoms with Crippen LogP contribution in [0, 0.1) is 11.6 Å². The van der Waals surface area contributed by atoms with Crippen molar-refractivity contribution in [3.63, 3.8) is 0 Å². The van der Waals surface area contributed by atoms with Gasteiger partial charge in [0.15, 0.2) is 0 Å². The maximum absolute atomic E-state index is 13.3. The van der Waals surface area contributed by atoms with Crippen LogP contribution in [-0.4, -0.2) is 49.0 Å². The van der Waals surface area contributed by atoms with E-state index in [4.69, 9.17) is 5.73 Å². The number of amides is 1. The van der Waals surface area contributed by atoms with Gasteiger partial charge in [-0.25, -0.2) is 13.8 Å². The smallest absolute Gasteiger partial charge is 0.265 e. The number of nitrogen functional groups attached to an aromatic ring is 1. The van der Waals surface area contributed by atoms with Gasteiger partial charge in [-0.05, 0) is 19.2 Å². The van der Waals surface area contributed by atoms with Gasteiger partial charge < -0.3 is 10.6 Å². The number of likely N-dealkylation sites (N-methyl/N-ethyl adjacent to an activating group) is 1. The number of halogens is 2. The monoisotopic (exact) mass is 270 g/mol. The van der Waals surface area contributed by atoms with E-state index in [2.05, 4.69) is 10.3 Å². The summed E-state index contributed by atoms with van der Waals surface area (Å²) in [4.78, 5) is 14.0. The number of carbonyl (C=O) groups is 1. The topological polar surface area (TPSA) is 61.6 Å². The van der Waals surface area contributed by atoms with Crippen LogP contribution in [0.2, 0.25) is 0 Å². The maximum atomic E-state index is 13.3. The first kappa shape index (κ1) is 13.7. The summed E-state index contributed by atoms with van der Waals surface area (Å²) in [7, 11) is 1.99. The van der Waals surface area contributed by atoms with E-state index in [-0.39, 0.29) is 5.56 Å². The lowest BCUT2D eigenvalue weighted by Crippen LogP contribution is -2.52. The van der Waals surface area contributed by atoms with Crippen LogP contribution < -0.4 is 11.2 Å². The predicted octanol–water partition coefficient (Wildman–Crippen LogP) is 0.439. The number of piperazine rings is 1. The van der Waals surface area contributed by atoms with Crippen LogP contribution in [0.25, 0.3) is 0 Å². The van der Waals surface area contributed by atoms with Gasteiger partial charge in [-0.1, -0.05) is 0 Å². The molecule has 104 valence electrons. The molecule has 5 nitrogen and oxygen atoms in total. The third-order valence-electron chi connectivity index (χ3n) is 3.10. The van der Waals surface area contributed by atoms with Crippen LogP contribution >= 0.6 is 0 Å². The highest BCUT2D eigenvalue weighted by Crippen LogP contribution is 2.17. The number of nitrogens with zero attached hydrogens (tertiary/aromatic N) is 2. The molecule has 0 bridgehead atoms. The second kappa shape index (κ2) is 5.50. The molecule has 3 N–H and O–H groups in total. The third-order valence-corrected chi connectivity index (χ3v) is 3.10. The second-order valence-electron chi connectivity index (χ2n) is 4.58. The van der Waals surface area contributed by atoms with Crippen molar-refractivity contribution in [2.45, 2.75) is 0 Å². The fraction of sp³-hybridized carbons (Fsp3) is 0.417. The molecule has 2 rings (SSSR count). The molecule has 19 heavy (non-hydrogen) atoms. The number of hydrogen-bond acceptors (Lipinski definition) is 4. The zero-order valence-corrected chi connectivity index (χ0v) is 10.6. The quantitative estimate of drug-likeness (QED) is 0.766. The van der Waals surface area contributed by atoms with Gasteiger partial charge >= 0.3 is 0 Å². The van der Waals surface area contributed by atoms with Gasteiger partial charge in [0, 0.05) is 31.7 Å². The first-order chi connectivity index (χ1) is 8.97. The van der Waals surface area contributed by atoms with E-state index in [1.54, 1.807) is 5.01 Å². The van der Waals surface area contributed by atoms with Crippen LogP contribution in [0.4, 0.5) is 14.5 Å². The number of anilines is 1. The number of benzene rings is 1. The van der Waals surface area contributed by atoms with Gasteiger partial charge in [-0.2, -0.15) is 0 Å². The predicted molar refractivity (Wildman–Crippen MR) is 67.3 cm³/mol. The molecular formula is C12H16F2N4O.